The van der Waals surface area contributed by atoms with E-state index in [1.165, 1.54) is 10.5 Å². The number of aromatic nitrogens is 1. The lowest BCUT2D eigenvalue weighted by Crippen LogP contribution is -2.13. The van der Waals surface area contributed by atoms with Gasteiger partial charge in [-0.2, -0.15) is 0 Å². The van der Waals surface area contributed by atoms with Crippen molar-refractivity contribution in [3.05, 3.63) is 52.6 Å². The van der Waals surface area contributed by atoms with Crippen LogP contribution in [0.25, 0.3) is 0 Å². The van der Waals surface area contributed by atoms with Crippen LogP contribution in [0.1, 0.15) is 18.9 Å². The molecule has 100 valence electrons. The SMILES string of the molecule is CCCNCc1ccc(Sc2ccc(Br)cc2)nc1. The van der Waals surface area contributed by atoms with Crippen molar-refractivity contribution in [1.82, 2.24) is 10.3 Å². The topological polar surface area (TPSA) is 24.9 Å². The number of pyridine rings is 1. The normalized spacial score (nSPS) is 10.6. The summed E-state index contributed by atoms with van der Waals surface area (Å²) in [5, 5.41) is 4.40. The first-order valence-electron chi connectivity index (χ1n) is 6.37. The van der Waals surface area contributed by atoms with Crippen LogP contribution in [0.4, 0.5) is 0 Å². The zero-order valence-corrected chi connectivity index (χ0v) is 13.3. The fraction of sp³-hybridized carbons (Fsp3) is 0.267. The van der Waals surface area contributed by atoms with E-state index in [1.54, 1.807) is 11.8 Å². The maximum absolute atomic E-state index is 4.49. The van der Waals surface area contributed by atoms with E-state index in [0.29, 0.717) is 0 Å². The minimum Gasteiger partial charge on any atom is -0.313 e. The van der Waals surface area contributed by atoms with Gasteiger partial charge >= 0.3 is 0 Å². The summed E-state index contributed by atoms with van der Waals surface area (Å²) < 4.78 is 1.10. The van der Waals surface area contributed by atoms with E-state index in [0.717, 1.165) is 29.0 Å². The molecule has 1 heterocycles. The second-order valence-electron chi connectivity index (χ2n) is 4.24. The second-order valence-corrected chi connectivity index (χ2v) is 6.25. The van der Waals surface area contributed by atoms with E-state index >= 15 is 0 Å². The van der Waals surface area contributed by atoms with Crippen molar-refractivity contribution in [2.75, 3.05) is 6.54 Å². The lowest BCUT2D eigenvalue weighted by molar-refractivity contribution is 0.673. The highest BCUT2D eigenvalue weighted by atomic mass is 79.9. The van der Waals surface area contributed by atoms with Gasteiger partial charge < -0.3 is 5.32 Å². The first-order chi connectivity index (χ1) is 9.28. The van der Waals surface area contributed by atoms with Crippen molar-refractivity contribution < 1.29 is 0 Å². The molecule has 0 fully saturated rings. The predicted octanol–water partition coefficient (Wildman–Crippen LogP) is 4.49. The summed E-state index contributed by atoms with van der Waals surface area (Å²) in [6.07, 6.45) is 3.11. The third-order valence-corrected chi connectivity index (χ3v) is 4.08. The maximum atomic E-state index is 4.49. The Hall–Kier alpha value is -0.840. The Labute approximate surface area is 127 Å². The van der Waals surface area contributed by atoms with Crippen LogP contribution < -0.4 is 5.32 Å². The van der Waals surface area contributed by atoms with E-state index in [-0.39, 0.29) is 0 Å². The van der Waals surface area contributed by atoms with Gasteiger partial charge in [0.15, 0.2) is 0 Å². The molecular weight excluding hydrogens is 320 g/mol. The van der Waals surface area contributed by atoms with E-state index < -0.39 is 0 Å². The number of rotatable bonds is 6. The molecule has 1 N–H and O–H groups in total. The quantitative estimate of drug-likeness (QED) is 0.786. The Morgan fingerprint density at radius 2 is 1.95 bits per heavy atom. The molecular formula is C15H17BrN2S. The summed E-state index contributed by atoms with van der Waals surface area (Å²) >= 11 is 5.12. The van der Waals surface area contributed by atoms with Crippen molar-refractivity contribution in [2.45, 2.75) is 29.8 Å². The number of hydrogen-bond donors (Lipinski definition) is 1. The number of halogens is 1. The molecule has 4 heteroatoms. The standard InChI is InChI=1S/C15H17BrN2S/c1-2-9-17-10-12-3-8-15(18-11-12)19-14-6-4-13(16)5-7-14/h3-8,11,17H,2,9-10H2,1H3. The zero-order chi connectivity index (χ0) is 13.5. The Bertz CT molecular complexity index is 497. The Morgan fingerprint density at radius 1 is 1.16 bits per heavy atom. The van der Waals surface area contributed by atoms with Gasteiger partial charge in [-0.15, -0.1) is 0 Å². The van der Waals surface area contributed by atoms with Gasteiger partial charge in [0, 0.05) is 22.1 Å². The molecule has 0 saturated heterocycles. The molecule has 19 heavy (non-hydrogen) atoms. The molecule has 0 atom stereocenters. The average molecular weight is 337 g/mol. The highest BCUT2D eigenvalue weighted by Crippen LogP contribution is 2.27. The van der Waals surface area contributed by atoms with Crippen LogP contribution in [0.15, 0.2) is 57.0 Å². The molecule has 1 aromatic heterocycles. The minimum absolute atomic E-state index is 0.893. The molecule has 1 aromatic carbocycles. The number of benzene rings is 1. The number of hydrogen-bond acceptors (Lipinski definition) is 3. The molecule has 0 radical (unpaired) electrons. The Balaban J connectivity index is 1.92. The molecule has 0 saturated carbocycles. The smallest absolute Gasteiger partial charge is 0.101 e. The van der Waals surface area contributed by atoms with E-state index in [4.69, 9.17) is 0 Å². The van der Waals surface area contributed by atoms with Crippen molar-refractivity contribution >= 4 is 27.7 Å². The van der Waals surface area contributed by atoms with Gasteiger partial charge in [0.25, 0.3) is 0 Å². The zero-order valence-electron chi connectivity index (χ0n) is 10.9. The van der Waals surface area contributed by atoms with Gasteiger partial charge in [-0.3, -0.25) is 0 Å². The van der Waals surface area contributed by atoms with E-state index in [2.05, 4.69) is 57.4 Å². The fourth-order valence-electron chi connectivity index (χ4n) is 1.61. The van der Waals surface area contributed by atoms with Crippen LogP contribution in [-0.2, 0) is 6.54 Å². The van der Waals surface area contributed by atoms with Crippen molar-refractivity contribution in [2.24, 2.45) is 0 Å². The molecule has 2 aromatic rings. The van der Waals surface area contributed by atoms with Crippen molar-refractivity contribution in [3.63, 3.8) is 0 Å². The van der Waals surface area contributed by atoms with Gasteiger partial charge in [0.1, 0.15) is 5.03 Å². The third-order valence-electron chi connectivity index (χ3n) is 2.59. The fourth-order valence-corrected chi connectivity index (χ4v) is 2.63. The highest BCUT2D eigenvalue weighted by molar-refractivity contribution is 9.10. The molecule has 0 amide bonds. The third kappa shape index (κ3) is 4.97. The van der Waals surface area contributed by atoms with Crippen molar-refractivity contribution in [1.29, 1.82) is 0 Å². The van der Waals surface area contributed by atoms with Crippen LogP contribution in [0, 0.1) is 0 Å². The number of nitrogens with one attached hydrogen (secondary N) is 1. The first kappa shape index (κ1) is 14.6. The maximum Gasteiger partial charge on any atom is 0.101 e. The molecule has 0 spiro atoms. The predicted molar refractivity (Wildman–Crippen MR) is 84.5 cm³/mol. The molecule has 0 aliphatic carbocycles. The first-order valence-corrected chi connectivity index (χ1v) is 7.98. The second kappa shape index (κ2) is 7.68. The van der Waals surface area contributed by atoms with Gasteiger partial charge in [0.2, 0.25) is 0 Å². The van der Waals surface area contributed by atoms with Crippen molar-refractivity contribution in [3.8, 4) is 0 Å². The minimum atomic E-state index is 0.893. The van der Waals surface area contributed by atoms with Gasteiger partial charge in [0.05, 0.1) is 0 Å². The summed E-state index contributed by atoms with van der Waals surface area (Å²) in [6, 6.07) is 12.5. The largest absolute Gasteiger partial charge is 0.313 e. The van der Waals surface area contributed by atoms with Crippen LogP contribution in [0.5, 0.6) is 0 Å². The van der Waals surface area contributed by atoms with Crippen LogP contribution in [0.2, 0.25) is 0 Å². The van der Waals surface area contributed by atoms with E-state index in [1.807, 2.05) is 18.3 Å². The Kier molecular flexibility index (Phi) is 5.89. The average Bonchev–Trinajstić information content (AvgIpc) is 2.44. The monoisotopic (exact) mass is 336 g/mol. The lowest BCUT2D eigenvalue weighted by Gasteiger charge is -2.04. The van der Waals surface area contributed by atoms with Gasteiger partial charge in [-0.1, -0.05) is 40.7 Å². The summed E-state index contributed by atoms with van der Waals surface area (Å²) in [4.78, 5) is 5.69. The van der Waals surface area contributed by atoms with Crippen LogP contribution in [-0.4, -0.2) is 11.5 Å². The molecule has 2 rings (SSSR count). The van der Waals surface area contributed by atoms with Crippen LogP contribution in [0.3, 0.4) is 0 Å². The summed E-state index contributed by atoms with van der Waals surface area (Å²) in [5.74, 6) is 0. The summed E-state index contributed by atoms with van der Waals surface area (Å²) in [6.45, 7) is 4.11. The Morgan fingerprint density at radius 3 is 2.58 bits per heavy atom. The molecule has 2 nitrogen and oxygen atoms in total. The van der Waals surface area contributed by atoms with E-state index in [9.17, 15) is 0 Å². The summed E-state index contributed by atoms with van der Waals surface area (Å²) in [7, 11) is 0. The molecule has 0 aliphatic rings. The highest BCUT2D eigenvalue weighted by Gasteiger charge is 1.99. The molecule has 0 bridgehead atoms. The van der Waals surface area contributed by atoms with Crippen LogP contribution >= 0.6 is 27.7 Å². The van der Waals surface area contributed by atoms with Gasteiger partial charge in [-0.25, -0.2) is 4.98 Å². The van der Waals surface area contributed by atoms with Gasteiger partial charge in [-0.05, 0) is 48.9 Å². The summed E-state index contributed by atoms with van der Waals surface area (Å²) in [5.41, 5.74) is 1.23. The lowest BCUT2D eigenvalue weighted by atomic mass is 10.3. The number of nitrogens with zero attached hydrogens (tertiary/aromatic N) is 1. The molecule has 0 unspecified atom stereocenters. The molecule has 0 aliphatic heterocycles.